The number of carbonyl (C=O) groups excluding carboxylic acids is 1. The lowest BCUT2D eigenvalue weighted by atomic mass is 10.1. The number of aryl methyl sites for hydroxylation is 4. The fourth-order valence-electron chi connectivity index (χ4n) is 3.82. The van der Waals surface area contributed by atoms with E-state index < -0.39 is 6.10 Å². The summed E-state index contributed by atoms with van der Waals surface area (Å²) in [7, 11) is 0. The maximum atomic E-state index is 12.9. The Morgan fingerprint density at radius 2 is 1.94 bits per heavy atom. The predicted molar refractivity (Wildman–Crippen MR) is 119 cm³/mol. The van der Waals surface area contributed by atoms with Gasteiger partial charge in [0.25, 0.3) is 5.91 Å². The number of anilines is 1. The van der Waals surface area contributed by atoms with E-state index in [4.69, 9.17) is 4.84 Å². The van der Waals surface area contributed by atoms with E-state index >= 15 is 0 Å². The van der Waals surface area contributed by atoms with Crippen LogP contribution in [0.1, 0.15) is 47.1 Å². The van der Waals surface area contributed by atoms with E-state index in [0.717, 1.165) is 40.6 Å². The first kappa shape index (κ1) is 20.8. The van der Waals surface area contributed by atoms with Crippen LogP contribution in [0.25, 0.3) is 0 Å². The van der Waals surface area contributed by atoms with Crippen molar-refractivity contribution in [2.75, 3.05) is 5.32 Å². The molecule has 3 aromatic rings. The number of oxime groups is 1. The van der Waals surface area contributed by atoms with Crippen molar-refractivity contribution in [3.8, 4) is 0 Å². The number of hydrogen-bond acceptors (Lipinski definition) is 5. The molecule has 162 valence electrons. The summed E-state index contributed by atoms with van der Waals surface area (Å²) < 4.78 is 3.78. The van der Waals surface area contributed by atoms with Crippen LogP contribution in [0.15, 0.2) is 35.6 Å². The molecule has 0 radical (unpaired) electrons. The summed E-state index contributed by atoms with van der Waals surface area (Å²) in [6.07, 6.45) is 1.69. The molecule has 0 bridgehead atoms. The number of benzene rings is 1. The number of nitrogens with one attached hydrogen (secondary N) is 1. The third kappa shape index (κ3) is 4.10. The molecule has 1 aliphatic rings. The Morgan fingerprint density at radius 1 is 1.16 bits per heavy atom. The van der Waals surface area contributed by atoms with Crippen LogP contribution in [-0.2, 0) is 22.7 Å². The largest absolute Gasteiger partial charge is 0.382 e. The van der Waals surface area contributed by atoms with E-state index in [2.05, 4.69) is 39.7 Å². The van der Waals surface area contributed by atoms with E-state index in [0.29, 0.717) is 13.0 Å². The minimum Gasteiger partial charge on any atom is -0.382 e. The summed E-state index contributed by atoms with van der Waals surface area (Å²) in [5, 5.41) is 16.2. The van der Waals surface area contributed by atoms with Crippen LogP contribution in [0.3, 0.4) is 0 Å². The first-order valence-corrected chi connectivity index (χ1v) is 10.5. The molecule has 0 aliphatic carbocycles. The molecule has 4 rings (SSSR count). The zero-order valence-corrected chi connectivity index (χ0v) is 18.6. The highest BCUT2D eigenvalue weighted by molar-refractivity contribution is 6.06. The zero-order chi connectivity index (χ0) is 22.1. The minimum absolute atomic E-state index is 0.221. The van der Waals surface area contributed by atoms with Gasteiger partial charge in [0.1, 0.15) is 0 Å². The summed E-state index contributed by atoms with van der Waals surface area (Å²) in [6.45, 7) is 11.4. The minimum atomic E-state index is -0.669. The van der Waals surface area contributed by atoms with Gasteiger partial charge in [0.15, 0.2) is 0 Å². The van der Waals surface area contributed by atoms with Crippen molar-refractivity contribution in [3.63, 3.8) is 0 Å². The van der Waals surface area contributed by atoms with E-state index in [1.807, 2.05) is 55.4 Å². The summed E-state index contributed by atoms with van der Waals surface area (Å²) in [5.41, 5.74) is 7.39. The van der Waals surface area contributed by atoms with Crippen molar-refractivity contribution in [1.82, 2.24) is 19.6 Å². The molecule has 1 N–H and O–H groups in total. The number of carbonyl (C=O) groups is 1. The standard InChI is InChI=1S/C23H28N6O2/c1-6-28-13-19(15(3)25-28)20-11-21(31-27-20)23(30)24-22-16(4)26-29(17(22)5)12-18-10-8-7-9-14(18)2/h7-10,13,21H,6,11-12H2,1-5H3,(H,24,30). The summed E-state index contributed by atoms with van der Waals surface area (Å²) in [4.78, 5) is 18.4. The van der Waals surface area contributed by atoms with Crippen LogP contribution in [0, 0.1) is 27.7 Å². The molecule has 0 fully saturated rings. The number of amides is 1. The van der Waals surface area contributed by atoms with E-state index in [1.54, 1.807) is 0 Å². The van der Waals surface area contributed by atoms with Gasteiger partial charge in [0, 0.05) is 24.7 Å². The quantitative estimate of drug-likeness (QED) is 0.661. The second kappa shape index (κ2) is 8.37. The predicted octanol–water partition coefficient (Wildman–Crippen LogP) is 3.51. The molecule has 8 heteroatoms. The summed E-state index contributed by atoms with van der Waals surface area (Å²) >= 11 is 0. The highest BCUT2D eigenvalue weighted by atomic mass is 16.6. The summed E-state index contributed by atoms with van der Waals surface area (Å²) in [5.74, 6) is -0.221. The first-order valence-electron chi connectivity index (χ1n) is 10.5. The molecule has 1 atom stereocenters. The molecule has 1 unspecified atom stereocenters. The Hall–Kier alpha value is -3.42. The number of nitrogens with zero attached hydrogens (tertiary/aromatic N) is 5. The van der Waals surface area contributed by atoms with Crippen LogP contribution < -0.4 is 5.32 Å². The fraction of sp³-hybridized carbons (Fsp3) is 0.391. The van der Waals surface area contributed by atoms with Crippen molar-refractivity contribution in [2.45, 2.75) is 60.2 Å². The van der Waals surface area contributed by atoms with Gasteiger partial charge in [-0.25, -0.2) is 0 Å². The molecule has 8 nitrogen and oxygen atoms in total. The van der Waals surface area contributed by atoms with Crippen LogP contribution in [0.2, 0.25) is 0 Å². The molecule has 0 saturated heterocycles. The van der Waals surface area contributed by atoms with Gasteiger partial charge in [-0.2, -0.15) is 10.2 Å². The van der Waals surface area contributed by atoms with Gasteiger partial charge in [0.05, 0.1) is 35.0 Å². The molecule has 31 heavy (non-hydrogen) atoms. The third-order valence-electron chi connectivity index (χ3n) is 5.75. The smallest absolute Gasteiger partial charge is 0.268 e. The van der Waals surface area contributed by atoms with Crippen molar-refractivity contribution in [1.29, 1.82) is 0 Å². The van der Waals surface area contributed by atoms with Crippen LogP contribution >= 0.6 is 0 Å². The maximum Gasteiger partial charge on any atom is 0.268 e. The van der Waals surface area contributed by atoms with Crippen molar-refractivity contribution in [2.24, 2.45) is 5.16 Å². The lowest BCUT2D eigenvalue weighted by Gasteiger charge is -2.11. The van der Waals surface area contributed by atoms with Gasteiger partial charge >= 0.3 is 0 Å². The molecule has 1 aromatic carbocycles. The van der Waals surface area contributed by atoms with E-state index in [1.165, 1.54) is 11.1 Å². The topological polar surface area (TPSA) is 86.3 Å². The van der Waals surface area contributed by atoms with Gasteiger partial charge in [-0.15, -0.1) is 0 Å². The SMILES string of the molecule is CCn1cc(C2=NOC(C(=O)Nc3c(C)nn(Cc4ccccc4C)c3C)C2)c(C)n1. The first-order chi connectivity index (χ1) is 14.9. The van der Waals surface area contributed by atoms with Gasteiger partial charge < -0.3 is 10.2 Å². The number of rotatable bonds is 6. The monoisotopic (exact) mass is 420 g/mol. The van der Waals surface area contributed by atoms with Gasteiger partial charge in [-0.1, -0.05) is 29.4 Å². The Morgan fingerprint density at radius 3 is 2.65 bits per heavy atom. The molecule has 1 aliphatic heterocycles. The molecular weight excluding hydrogens is 392 g/mol. The molecule has 3 heterocycles. The Balaban J connectivity index is 1.45. The zero-order valence-electron chi connectivity index (χ0n) is 18.6. The molecule has 2 aromatic heterocycles. The normalized spacial score (nSPS) is 15.6. The fourth-order valence-corrected chi connectivity index (χ4v) is 3.82. The Bertz CT molecular complexity index is 1160. The number of aromatic nitrogens is 4. The molecule has 0 spiro atoms. The van der Waals surface area contributed by atoms with Gasteiger partial charge in [-0.3, -0.25) is 14.2 Å². The van der Waals surface area contributed by atoms with E-state index in [9.17, 15) is 4.79 Å². The van der Waals surface area contributed by atoms with Crippen LogP contribution in [-0.4, -0.2) is 37.3 Å². The lowest BCUT2D eigenvalue weighted by Crippen LogP contribution is -2.28. The average molecular weight is 421 g/mol. The van der Waals surface area contributed by atoms with Crippen molar-refractivity contribution < 1.29 is 9.63 Å². The van der Waals surface area contributed by atoms with Crippen molar-refractivity contribution >= 4 is 17.3 Å². The molecular formula is C23H28N6O2. The van der Waals surface area contributed by atoms with Crippen LogP contribution in [0.5, 0.6) is 0 Å². The van der Waals surface area contributed by atoms with Gasteiger partial charge in [-0.05, 0) is 45.7 Å². The third-order valence-corrected chi connectivity index (χ3v) is 5.75. The Labute approximate surface area is 181 Å². The average Bonchev–Trinajstić information content (AvgIpc) is 3.44. The Kier molecular flexibility index (Phi) is 5.63. The van der Waals surface area contributed by atoms with Crippen LogP contribution in [0.4, 0.5) is 5.69 Å². The second-order valence-electron chi connectivity index (χ2n) is 7.94. The highest BCUT2D eigenvalue weighted by Gasteiger charge is 2.31. The summed E-state index contributed by atoms with van der Waals surface area (Å²) in [6, 6.07) is 8.23. The number of hydrogen-bond donors (Lipinski definition) is 1. The second-order valence-corrected chi connectivity index (χ2v) is 7.94. The van der Waals surface area contributed by atoms with Crippen molar-refractivity contribution in [3.05, 3.63) is 64.2 Å². The van der Waals surface area contributed by atoms with Gasteiger partial charge in [0.2, 0.25) is 6.10 Å². The highest BCUT2D eigenvalue weighted by Crippen LogP contribution is 2.24. The van der Waals surface area contributed by atoms with E-state index in [-0.39, 0.29) is 5.91 Å². The maximum absolute atomic E-state index is 12.9. The molecule has 1 amide bonds. The molecule has 0 saturated carbocycles. The lowest BCUT2D eigenvalue weighted by molar-refractivity contribution is -0.125.